The average molecular weight is 258 g/mol. The number of carboxylic acid groups (broad SMARTS) is 1. The summed E-state index contributed by atoms with van der Waals surface area (Å²) in [7, 11) is 4.71. The van der Waals surface area contributed by atoms with Crippen LogP contribution in [0.3, 0.4) is 0 Å². The topological polar surface area (TPSA) is 92.3 Å². The molecule has 0 aromatic carbocycles. The quantitative estimate of drug-likeness (QED) is 0.269. The van der Waals surface area contributed by atoms with Gasteiger partial charge in [0.2, 0.25) is 0 Å². The number of hydrazone groups is 1. The predicted octanol–water partition coefficient (Wildman–Crippen LogP) is 1.15. The zero-order chi connectivity index (χ0) is 13.4. The van der Waals surface area contributed by atoms with Gasteiger partial charge >= 0.3 is 6.09 Å². The number of halogens is 1. The number of aliphatic imine (C=N–C) groups is 1. The summed E-state index contributed by atoms with van der Waals surface area (Å²) in [6.07, 6.45) is 1.20. The number of rotatable bonds is 4. The molecular weight excluding hydrogens is 246 g/mol. The SMILES string of the molecule is CN(C)C=NC(Cl)=C(C#N)C=NN(C)C(=O)O. The Labute approximate surface area is 104 Å². The molecule has 1 N–H and O–H groups in total. The van der Waals surface area contributed by atoms with E-state index in [0.717, 1.165) is 6.21 Å². The van der Waals surface area contributed by atoms with E-state index in [-0.39, 0.29) is 10.7 Å². The molecule has 0 radical (unpaired) electrons. The highest BCUT2D eigenvalue weighted by Crippen LogP contribution is 2.08. The first-order chi connectivity index (χ1) is 7.88. The van der Waals surface area contributed by atoms with Gasteiger partial charge in [-0.1, -0.05) is 11.6 Å². The van der Waals surface area contributed by atoms with Gasteiger partial charge in [-0.2, -0.15) is 10.4 Å². The maximum atomic E-state index is 10.4. The Balaban J connectivity index is 4.91. The molecule has 0 atom stereocenters. The van der Waals surface area contributed by atoms with Gasteiger partial charge in [0.1, 0.15) is 16.8 Å². The van der Waals surface area contributed by atoms with Crippen molar-refractivity contribution in [3.05, 3.63) is 10.7 Å². The van der Waals surface area contributed by atoms with Gasteiger partial charge in [0.05, 0.1) is 12.6 Å². The van der Waals surface area contributed by atoms with Crippen LogP contribution in [0.2, 0.25) is 0 Å². The molecule has 92 valence electrons. The summed E-state index contributed by atoms with van der Waals surface area (Å²) in [5.74, 6) is 0. The van der Waals surface area contributed by atoms with E-state index in [9.17, 15) is 4.79 Å². The van der Waals surface area contributed by atoms with E-state index < -0.39 is 6.09 Å². The standard InChI is InChI=1S/C9H12ClN5O2/c1-14(2)6-12-8(10)7(4-11)5-13-15(3)9(16)17/h5-6H,1-3H3,(H,16,17). The fourth-order valence-corrected chi connectivity index (χ4v) is 0.692. The summed E-state index contributed by atoms with van der Waals surface area (Å²) in [5, 5.41) is 21.4. The zero-order valence-corrected chi connectivity index (χ0v) is 10.4. The van der Waals surface area contributed by atoms with Gasteiger partial charge < -0.3 is 10.0 Å². The van der Waals surface area contributed by atoms with Crippen LogP contribution in [0, 0.1) is 11.3 Å². The van der Waals surface area contributed by atoms with Crippen LogP contribution in [0.25, 0.3) is 0 Å². The summed E-state index contributed by atoms with van der Waals surface area (Å²) in [6, 6.07) is 1.77. The normalized spacial score (nSPS) is 12.4. The molecule has 0 aromatic rings. The molecule has 0 heterocycles. The van der Waals surface area contributed by atoms with Gasteiger partial charge in [-0.05, 0) is 0 Å². The molecule has 17 heavy (non-hydrogen) atoms. The molecule has 0 aliphatic rings. The highest BCUT2D eigenvalue weighted by Gasteiger charge is 2.03. The van der Waals surface area contributed by atoms with Crippen molar-refractivity contribution >= 4 is 30.2 Å². The number of hydrogen-bond donors (Lipinski definition) is 1. The molecule has 0 saturated carbocycles. The van der Waals surface area contributed by atoms with E-state index in [4.69, 9.17) is 22.0 Å². The monoisotopic (exact) mass is 257 g/mol. The van der Waals surface area contributed by atoms with Gasteiger partial charge in [-0.25, -0.2) is 14.8 Å². The van der Waals surface area contributed by atoms with Crippen LogP contribution in [-0.2, 0) is 0 Å². The third-order valence-corrected chi connectivity index (χ3v) is 1.68. The fourth-order valence-electron chi connectivity index (χ4n) is 0.558. The lowest BCUT2D eigenvalue weighted by Crippen LogP contribution is -2.18. The lowest BCUT2D eigenvalue weighted by atomic mass is 10.3. The maximum absolute atomic E-state index is 10.4. The Bertz CT molecular complexity index is 408. The van der Waals surface area contributed by atoms with Crippen molar-refractivity contribution in [2.75, 3.05) is 21.1 Å². The summed E-state index contributed by atoms with van der Waals surface area (Å²) < 4.78 is 0. The van der Waals surface area contributed by atoms with E-state index in [1.807, 2.05) is 0 Å². The number of carbonyl (C=O) groups is 1. The van der Waals surface area contributed by atoms with Crippen molar-refractivity contribution in [2.24, 2.45) is 10.1 Å². The van der Waals surface area contributed by atoms with Crippen molar-refractivity contribution in [3.8, 4) is 6.07 Å². The van der Waals surface area contributed by atoms with Gasteiger partial charge in [-0.3, -0.25) is 0 Å². The highest BCUT2D eigenvalue weighted by atomic mass is 35.5. The molecule has 0 unspecified atom stereocenters. The highest BCUT2D eigenvalue weighted by molar-refractivity contribution is 6.31. The minimum absolute atomic E-state index is 0.0298. The van der Waals surface area contributed by atoms with E-state index in [2.05, 4.69) is 10.1 Å². The van der Waals surface area contributed by atoms with E-state index in [1.54, 1.807) is 25.1 Å². The van der Waals surface area contributed by atoms with Crippen LogP contribution in [0.1, 0.15) is 0 Å². The van der Waals surface area contributed by atoms with Crippen LogP contribution in [-0.4, -0.2) is 54.8 Å². The fraction of sp³-hybridized carbons (Fsp3) is 0.333. The molecule has 0 spiro atoms. The number of allylic oxidation sites excluding steroid dienone is 1. The molecule has 0 saturated heterocycles. The number of nitrogens with zero attached hydrogens (tertiary/aromatic N) is 5. The zero-order valence-electron chi connectivity index (χ0n) is 9.62. The second kappa shape index (κ2) is 7.24. The average Bonchev–Trinajstić information content (AvgIpc) is 2.26. The first kappa shape index (κ1) is 14.9. The molecule has 0 bridgehead atoms. The van der Waals surface area contributed by atoms with E-state index in [1.165, 1.54) is 13.4 Å². The van der Waals surface area contributed by atoms with Crippen molar-refractivity contribution in [1.82, 2.24) is 9.91 Å². The van der Waals surface area contributed by atoms with E-state index >= 15 is 0 Å². The molecule has 7 nitrogen and oxygen atoms in total. The molecule has 0 aliphatic heterocycles. The van der Waals surface area contributed by atoms with Crippen LogP contribution in [0.5, 0.6) is 0 Å². The van der Waals surface area contributed by atoms with Gasteiger partial charge in [0.15, 0.2) is 0 Å². The van der Waals surface area contributed by atoms with Crippen molar-refractivity contribution < 1.29 is 9.90 Å². The smallest absolute Gasteiger partial charge is 0.427 e. The number of amides is 1. The first-order valence-electron chi connectivity index (χ1n) is 4.39. The molecule has 8 heteroatoms. The van der Waals surface area contributed by atoms with Crippen molar-refractivity contribution in [3.63, 3.8) is 0 Å². The lowest BCUT2D eigenvalue weighted by molar-refractivity contribution is 0.158. The van der Waals surface area contributed by atoms with Crippen LogP contribution < -0.4 is 0 Å². The van der Waals surface area contributed by atoms with Crippen LogP contribution in [0.15, 0.2) is 20.8 Å². The van der Waals surface area contributed by atoms with Crippen molar-refractivity contribution in [2.45, 2.75) is 0 Å². The van der Waals surface area contributed by atoms with Gasteiger partial charge in [0.25, 0.3) is 0 Å². The Morgan fingerprint density at radius 2 is 2.06 bits per heavy atom. The van der Waals surface area contributed by atoms with Crippen LogP contribution >= 0.6 is 11.6 Å². The molecule has 1 amide bonds. The summed E-state index contributed by atoms with van der Waals surface area (Å²) >= 11 is 5.73. The summed E-state index contributed by atoms with van der Waals surface area (Å²) in [6.45, 7) is 0. The third-order valence-electron chi connectivity index (χ3n) is 1.38. The van der Waals surface area contributed by atoms with Crippen LogP contribution in [0.4, 0.5) is 4.79 Å². The minimum Gasteiger partial charge on any atom is -0.464 e. The second-order valence-corrected chi connectivity index (χ2v) is 3.43. The Hall–Kier alpha value is -2.07. The maximum Gasteiger partial charge on any atom is 0.427 e. The largest absolute Gasteiger partial charge is 0.464 e. The van der Waals surface area contributed by atoms with Crippen molar-refractivity contribution in [1.29, 1.82) is 5.26 Å². The Kier molecular flexibility index (Phi) is 6.36. The lowest BCUT2D eigenvalue weighted by Gasteiger charge is -2.04. The molecule has 0 aliphatic carbocycles. The Morgan fingerprint density at radius 3 is 2.47 bits per heavy atom. The number of hydrogen-bond acceptors (Lipinski definition) is 4. The number of nitriles is 1. The first-order valence-corrected chi connectivity index (χ1v) is 4.77. The molecule has 0 rings (SSSR count). The van der Waals surface area contributed by atoms with Gasteiger partial charge in [0, 0.05) is 21.1 Å². The summed E-state index contributed by atoms with van der Waals surface area (Å²) in [5.41, 5.74) is -0.0298. The third kappa shape index (κ3) is 6.17. The molecule has 0 aromatic heterocycles. The molecule has 0 fully saturated rings. The second-order valence-electron chi connectivity index (χ2n) is 3.08. The van der Waals surface area contributed by atoms with Gasteiger partial charge in [-0.15, -0.1) is 0 Å². The minimum atomic E-state index is -1.24. The predicted molar refractivity (Wildman–Crippen MR) is 65.0 cm³/mol. The Morgan fingerprint density at radius 1 is 1.47 bits per heavy atom. The molecular formula is C9H12ClN5O2. The summed E-state index contributed by atoms with van der Waals surface area (Å²) in [4.78, 5) is 15.8. The van der Waals surface area contributed by atoms with E-state index in [0.29, 0.717) is 5.01 Å².